The van der Waals surface area contributed by atoms with Crippen molar-refractivity contribution < 1.29 is 17.6 Å². The number of imidazole rings is 1. The summed E-state index contributed by atoms with van der Waals surface area (Å²) in [5.41, 5.74) is 1.63. The summed E-state index contributed by atoms with van der Waals surface area (Å²) >= 11 is 0. The number of nitrogens with zero attached hydrogens (tertiary/aromatic N) is 4. The van der Waals surface area contributed by atoms with Crippen molar-refractivity contribution in [3.8, 4) is 0 Å². The van der Waals surface area contributed by atoms with E-state index in [0.29, 0.717) is 18.8 Å². The van der Waals surface area contributed by atoms with Crippen LogP contribution in [0.2, 0.25) is 0 Å². The molecule has 0 N–H and O–H groups in total. The van der Waals surface area contributed by atoms with Crippen LogP contribution in [0.4, 0.5) is 23.2 Å². The van der Waals surface area contributed by atoms with E-state index in [1.54, 1.807) is 18.5 Å². The molecule has 31 heavy (non-hydrogen) atoms. The molecule has 4 nitrogen and oxygen atoms in total. The fraction of sp³-hybridized carbons (Fsp3) is 0.409. The van der Waals surface area contributed by atoms with Crippen LogP contribution in [0.25, 0.3) is 11.0 Å². The zero-order valence-corrected chi connectivity index (χ0v) is 17.8. The fourth-order valence-electron chi connectivity index (χ4n) is 3.93. The fourth-order valence-corrected chi connectivity index (χ4v) is 3.93. The number of aromatic nitrogens is 2. The SMILES string of the molecule is Cl.Fc1ccc2ncn(CCCCN3CCN(c4cccc(C(F)(F)F)c4)CC3)c2c1. The molecule has 1 saturated heterocycles. The molecule has 3 aromatic rings. The third-order valence-corrected chi connectivity index (χ3v) is 5.62. The van der Waals surface area contributed by atoms with Gasteiger partial charge in [0.2, 0.25) is 0 Å². The first-order valence-electron chi connectivity index (χ1n) is 10.1. The number of unbranched alkanes of at least 4 members (excludes halogenated alkanes) is 1. The summed E-state index contributed by atoms with van der Waals surface area (Å²) in [5, 5.41) is 0. The Morgan fingerprint density at radius 1 is 0.903 bits per heavy atom. The molecule has 0 amide bonds. The number of benzene rings is 2. The van der Waals surface area contributed by atoms with Crippen LogP contribution in [0.5, 0.6) is 0 Å². The third kappa shape index (κ3) is 5.68. The van der Waals surface area contributed by atoms with Crippen LogP contribution in [0, 0.1) is 5.82 Å². The van der Waals surface area contributed by atoms with Gasteiger partial charge in [-0.05, 0) is 55.8 Å². The quantitative estimate of drug-likeness (QED) is 0.375. The zero-order valence-electron chi connectivity index (χ0n) is 17.0. The highest BCUT2D eigenvalue weighted by atomic mass is 35.5. The van der Waals surface area contributed by atoms with Crippen LogP contribution in [-0.4, -0.2) is 47.2 Å². The molecule has 0 atom stereocenters. The summed E-state index contributed by atoms with van der Waals surface area (Å²) < 4.78 is 54.2. The number of piperazine rings is 1. The Bertz CT molecular complexity index is 997. The lowest BCUT2D eigenvalue weighted by atomic mass is 10.1. The van der Waals surface area contributed by atoms with Crippen LogP contribution < -0.4 is 4.90 Å². The van der Waals surface area contributed by atoms with Crippen LogP contribution >= 0.6 is 12.4 Å². The molecule has 1 fully saturated rings. The summed E-state index contributed by atoms with van der Waals surface area (Å²) in [7, 11) is 0. The molecule has 1 aromatic heterocycles. The number of aryl methyl sites for hydroxylation is 1. The Morgan fingerprint density at radius 2 is 1.65 bits per heavy atom. The van der Waals surface area contributed by atoms with Crippen LogP contribution in [0.1, 0.15) is 18.4 Å². The Balaban J connectivity index is 0.00000272. The molecule has 2 heterocycles. The first-order valence-corrected chi connectivity index (χ1v) is 10.1. The van der Waals surface area contributed by atoms with Crippen molar-refractivity contribution in [1.82, 2.24) is 14.5 Å². The lowest BCUT2D eigenvalue weighted by Gasteiger charge is -2.36. The first-order chi connectivity index (χ1) is 14.4. The second-order valence-corrected chi connectivity index (χ2v) is 7.65. The normalized spacial score (nSPS) is 15.3. The van der Waals surface area contributed by atoms with Crippen LogP contribution in [0.15, 0.2) is 48.8 Å². The van der Waals surface area contributed by atoms with E-state index in [4.69, 9.17) is 0 Å². The van der Waals surface area contributed by atoms with Gasteiger partial charge in [0, 0.05) is 38.4 Å². The van der Waals surface area contributed by atoms with Gasteiger partial charge in [0.05, 0.1) is 22.9 Å². The molecule has 0 unspecified atom stereocenters. The van der Waals surface area contributed by atoms with Gasteiger partial charge in [-0.3, -0.25) is 4.90 Å². The predicted octanol–water partition coefficient (Wildman–Crippen LogP) is 5.22. The average Bonchev–Trinajstić information content (AvgIpc) is 3.13. The van der Waals surface area contributed by atoms with Gasteiger partial charge < -0.3 is 9.47 Å². The molecule has 2 aromatic carbocycles. The molecule has 0 radical (unpaired) electrons. The van der Waals surface area contributed by atoms with Crippen molar-refractivity contribution in [2.75, 3.05) is 37.6 Å². The Morgan fingerprint density at radius 3 is 2.39 bits per heavy atom. The van der Waals surface area contributed by atoms with Gasteiger partial charge >= 0.3 is 6.18 Å². The van der Waals surface area contributed by atoms with E-state index in [2.05, 4.69) is 9.88 Å². The maximum Gasteiger partial charge on any atom is 0.416 e. The molecule has 0 bridgehead atoms. The lowest BCUT2D eigenvalue weighted by molar-refractivity contribution is -0.137. The zero-order chi connectivity index (χ0) is 21.1. The monoisotopic (exact) mass is 456 g/mol. The highest BCUT2D eigenvalue weighted by molar-refractivity contribution is 5.85. The Labute approximate surface area is 184 Å². The van der Waals surface area contributed by atoms with Gasteiger partial charge in [-0.15, -0.1) is 12.4 Å². The van der Waals surface area contributed by atoms with Gasteiger partial charge in [-0.2, -0.15) is 13.2 Å². The molecule has 1 aliphatic rings. The van der Waals surface area contributed by atoms with Gasteiger partial charge in [0.15, 0.2) is 0 Å². The maximum atomic E-state index is 13.5. The minimum absolute atomic E-state index is 0. The first kappa shape index (κ1) is 23.3. The molecular formula is C22H25ClF4N4. The summed E-state index contributed by atoms with van der Waals surface area (Å²) in [4.78, 5) is 8.65. The maximum absolute atomic E-state index is 13.5. The minimum atomic E-state index is -4.32. The molecule has 9 heteroatoms. The number of alkyl halides is 3. The highest BCUT2D eigenvalue weighted by Crippen LogP contribution is 2.31. The highest BCUT2D eigenvalue weighted by Gasteiger charge is 2.31. The minimum Gasteiger partial charge on any atom is -0.369 e. The Hall–Kier alpha value is -2.32. The van der Waals surface area contributed by atoms with Crippen molar-refractivity contribution in [3.63, 3.8) is 0 Å². The molecule has 0 spiro atoms. The van der Waals surface area contributed by atoms with E-state index in [1.165, 1.54) is 24.3 Å². The Kier molecular flexibility index (Phi) is 7.43. The number of rotatable bonds is 6. The summed E-state index contributed by atoms with van der Waals surface area (Å²) in [6.07, 6.45) is -0.615. The molecule has 0 saturated carbocycles. The summed E-state index contributed by atoms with van der Waals surface area (Å²) in [6.45, 7) is 4.81. The largest absolute Gasteiger partial charge is 0.416 e. The average molecular weight is 457 g/mol. The van der Waals surface area contributed by atoms with Crippen molar-refractivity contribution in [3.05, 3.63) is 60.2 Å². The van der Waals surface area contributed by atoms with Crippen LogP contribution in [-0.2, 0) is 12.7 Å². The number of hydrogen-bond donors (Lipinski definition) is 0. The van der Waals surface area contributed by atoms with Crippen molar-refractivity contribution >= 4 is 29.1 Å². The number of anilines is 1. The smallest absolute Gasteiger partial charge is 0.369 e. The lowest BCUT2D eigenvalue weighted by Crippen LogP contribution is -2.46. The topological polar surface area (TPSA) is 24.3 Å². The molecule has 1 aliphatic heterocycles. The van der Waals surface area contributed by atoms with E-state index in [-0.39, 0.29) is 18.2 Å². The van der Waals surface area contributed by atoms with Gasteiger partial charge in [0.25, 0.3) is 0 Å². The standard InChI is InChI=1S/C22H24F4N4.ClH/c23-18-6-7-20-21(15-18)30(16-27-20)9-2-1-8-28-10-12-29(13-11-28)19-5-3-4-17(14-19)22(24,25)26;/h3-7,14-16H,1-2,8-13H2;1H. The van der Waals surface area contributed by atoms with Gasteiger partial charge in [-0.1, -0.05) is 6.07 Å². The second kappa shape index (κ2) is 9.87. The molecule has 4 rings (SSSR count). The number of hydrogen-bond acceptors (Lipinski definition) is 3. The molecule has 168 valence electrons. The van der Waals surface area contributed by atoms with E-state index in [9.17, 15) is 17.6 Å². The van der Waals surface area contributed by atoms with Crippen molar-refractivity contribution in [2.45, 2.75) is 25.6 Å². The van der Waals surface area contributed by atoms with Crippen molar-refractivity contribution in [2.24, 2.45) is 0 Å². The van der Waals surface area contributed by atoms with Crippen LogP contribution in [0.3, 0.4) is 0 Å². The number of fused-ring (bicyclic) bond motifs is 1. The van der Waals surface area contributed by atoms with Gasteiger partial charge in [-0.25, -0.2) is 9.37 Å². The molecular weight excluding hydrogens is 432 g/mol. The summed E-state index contributed by atoms with van der Waals surface area (Å²) in [6, 6.07) is 10.2. The van der Waals surface area contributed by atoms with E-state index >= 15 is 0 Å². The van der Waals surface area contributed by atoms with Gasteiger partial charge in [0.1, 0.15) is 5.82 Å². The molecule has 0 aliphatic carbocycles. The van der Waals surface area contributed by atoms with E-state index in [1.807, 2.05) is 9.47 Å². The van der Waals surface area contributed by atoms with E-state index in [0.717, 1.165) is 56.1 Å². The van der Waals surface area contributed by atoms with Crippen molar-refractivity contribution in [1.29, 1.82) is 0 Å². The summed E-state index contributed by atoms with van der Waals surface area (Å²) in [5.74, 6) is -0.261. The third-order valence-electron chi connectivity index (χ3n) is 5.62. The number of halogens is 5. The van der Waals surface area contributed by atoms with E-state index < -0.39 is 11.7 Å². The second-order valence-electron chi connectivity index (χ2n) is 7.65. The predicted molar refractivity (Wildman–Crippen MR) is 116 cm³/mol.